The van der Waals surface area contributed by atoms with Gasteiger partial charge in [0.05, 0.1) is 0 Å². The molecule has 1 aliphatic heterocycles. The summed E-state index contributed by atoms with van der Waals surface area (Å²) in [5.41, 5.74) is 1.43. The van der Waals surface area contributed by atoms with Gasteiger partial charge in [0.2, 0.25) is 0 Å². The highest BCUT2D eigenvalue weighted by molar-refractivity contribution is 7.99. The molecule has 1 heterocycles. The topological polar surface area (TPSA) is 50.4 Å². The van der Waals surface area contributed by atoms with E-state index in [9.17, 15) is 4.79 Å². The van der Waals surface area contributed by atoms with Crippen molar-refractivity contribution in [2.24, 2.45) is 5.41 Å². The molecule has 116 valence electrons. The third-order valence-corrected chi connectivity index (χ3v) is 5.09. The average molecular weight is 308 g/mol. The number of carbonyl (C=O) groups excluding carboxylic acids is 1. The van der Waals surface area contributed by atoms with Gasteiger partial charge in [-0.05, 0) is 29.7 Å². The second-order valence-electron chi connectivity index (χ2n) is 6.21. The first kappa shape index (κ1) is 16.0. The zero-order valence-electron chi connectivity index (χ0n) is 12.9. The second kappa shape index (κ2) is 7.07. The number of rotatable bonds is 5. The number of benzene rings is 1. The van der Waals surface area contributed by atoms with Crippen molar-refractivity contribution >= 4 is 23.4 Å². The van der Waals surface area contributed by atoms with Crippen LogP contribution in [0.15, 0.2) is 24.3 Å². The Morgan fingerprint density at radius 1 is 1.48 bits per heavy atom. The van der Waals surface area contributed by atoms with E-state index in [0.29, 0.717) is 17.2 Å². The molecule has 0 aromatic heterocycles. The van der Waals surface area contributed by atoms with Gasteiger partial charge >= 0.3 is 0 Å². The molecule has 2 rings (SSSR count). The summed E-state index contributed by atoms with van der Waals surface area (Å²) in [5.74, 6) is 2.94. The first-order valence-corrected chi connectivity index (χ1v) is 8.42. The van der Waals surface area contributed by atoms with Crippen LogP contribution in [0.3, 0.4) is 0 Å². The second-order valence-corrected chi connectivity index (χ2v) is 7.24. The highest BCUT2D eigenvalue weighted by atomic mass is 32.2. The van der Waals surface area contributed by atoms with E-state index in [1.165, 1.54) is 12.2 Å². The summed E-state index contributed by atoms with van der Waals surface area (Å²) in [5, 5.41) is 6.12. The molecule has 21 heavy (non-hydrogen) atoms. The molecule has 0 spiro atoms. The van der Waals surface area contributed by atoms with Crippen LogP contribution in [0, 0.1) is 5.41 Å². The molecular weight excluding hydrogens is 284 g/mol. The van der Waals surface area contributed by atoms with Gasteiger partial charge in [-0.3, -0.25) is 4.79 Å². The maximum atomic E-state index is 11.2. The quantitative estimate of drug-likeness (QED) is 0.878. The molecule has 1 atom stereocenters. The van der Waals surface area contributed by atoms with E-state index >= 15 is 0 Å². The fourth-order valence-electron chi connectivity index (χ4n) is 2.49. The fourth-order valence-corrected chi connectivity index (χ4v) is 3.76. The fraction of sp³-hybridized carbons (Fsp3) is 0.562. The van der Waals surface area contributed by atoms with Crippen LogP contribution in [0.5, 0.6) is 5.75 Å². The Balaban J connectivity index is 1.93. The smallest absolute Gasteiger partial charge is 0.257 e. The third-order valence-electron chi connectivity index (χ3n) is 3.46. The lowest BCUT2D eigenvalue weighted by atomic mass is 9.88. The van der Waals surface area contributed by atoms with Gasteiger partial charge in [-0.15, -0.1) is 0 Å². The van der Waals surface area contributed by atoms with Gasteiger partial charge < -0.3 is 15.4 Å². The van der Waals surface area contributed by atoms with E-state index in [2.05, 4.69) is 24.5 Å². The summed E-state index contributed by atoms with van der Waals surface area (Å²) < 4.78 is 5.47. The minimum Gasteiger partial charge on any atom is -0.484 e. The highest BCUT2D eigenvalue weighted by Crippen LogP contribution is 2.34. The van der Waals surface area contributed by atoms with Gasteiger partial charge in [0.15, 0.2) is 6.61 Å². The van der Waals surface area contributed by atoms with Crippen LogP contribution in [0.25, 0.3) is 0 Å². The molecule has 4 nitrogen and oxygen atoms in total. The molecule has 0 radical (unpaired) electrons. The number of hydrogen-bond donors (Lipinski definition) is 2. The van der Waals surface area contributed by atoms with Crippen LogP contribution in [-0.2, 0) is 4.79 Å². The normalized spacial score (nSPS) is 20.6. The summed E-state index contributed by atoms with van der Waals surface area (Å²) in [7, 11) is 1.60. The SMILES string of the molecule is CNC(=O)COc1cccc(NC2CSCC(C)(C)C2)c1. The molecule has 0 bridgehead atoms. The highest BCUT2D eigenvalue weighted by Gasteiger charge is 2.28. The van der Waals surface area contributed by atoms with E-state index in [1.54, 1.807) is 7.05 Å². The Kier molecular flexibility index (Phi) is 5.39. The molecular formula is C16H24N2O2S. The number of likely N-dealkylation sites (N-methyl/N-ethyl adjacent to an activating group) is 1. The summed E-state index contributed by atoms with van der Waals surface area (Å²) in [6.45, 7) is 4.68. The molecule has 0 saturated carbocycles. The lowest BCUT2D eigenvalue weighted by Gasteiger charge is -2.35. The van der Waals surface area contributed by atoms with E-state index in [4.69, 9.17) is 4.74 Å². The van der Waals surface area contributed by atoms with Crippen LogP contribution in [0.1, 0.15) is 20.3 Å². The monoisotopic (exact) mass is 308 g/mol. The molecule has 1 saturated heterocycles. The first-order chi connectivity index (χ1) is 9.98. The van der Waals surface area contributed by atoms with Crippen LogP contribution < -0.4 is 15.4 Å². The molecule has 1 fully saturated rings. The maximum Gasteiger partial charge on any atom is 0.257 e. The van der Waals surface area contributed by atoms with Crippen LogP contribution >= 0.6 is 11.8 Å². The van der Waals surface area contributed by atoms with E-state index < -0.39 is 0 Å². The van der Waals surface area contributed by atoms with Crippen molar-refractivity contribution in [2.45, 2.75) is 26.3 Å². The Hall–Kier alpha value is -1.36. The van der Waals surface area contributed by atoms with E-state index in [1.807, 2.05) is 36.0 Å². The van der Waals surface area contributed by atoms with E-state index in [0.717, 1.165) is 11.4 Å². The Bertz CT molecular complexity index is 491. The lowest BCUT2D eigenvalue weighted by molar-refractivity contribution is -0.122. The van der Waals surface area contributed by atoms with Crippen LogP contribution in [0.2, 0.25) is 0 Å². The van der Waals surface area contributed by atoms with Crippen molar-refractivity contribution < 1.29 is 9.53 Å². The van der Waals surface area contributed by atoms with Gasteiger partial charge in [-0.25, -0.2) is 0 Å². The Morgan fingerprint density at radius 3 is 3.00 bits per heavy atom. The number of ether oxygens (including phenoxy) is 1. The Labute approximate surface area is 131 Å². The largest absolute Gasteiger partial charge is 0.484 e. The lowest BCUT2D eigenvalue weighted by Crippen LogP contribution is -2.35. The average Bonchev–Trinajstić information content (AvgIpc) is 2.44. The molecule has 2 N–H and O–H groups in total. The third kappa shape index (κ3) is 5.16. The van der Waals surface area contributed by atoms with E-state index in [-0.39, 0.29) is 12.5 Å². The van der Waals surface area contributed by atoms with Gasteiger partial charge in [-0.2, -0.15) is 11.8 Å². The molecule has 5 heteroatoms. The summed E-state index contributed by atoms with van der Waals surface area (Å²) >= 11 is 2.00. The summed E-state index contributed by atoms with van der Waals surface area (Å²) in [6.07, 6.45) is 1.17. The Morgan fingerprint density at radius 2 is 2.29 bits per heavy atom. The summed E-state index contributed by atoms with van der Waals surface area (Å²) in [6, 6.07) is 8.29. The predicted molar refractivity (Wildman–Crippen MR) is 89.1 cm³/mol. The van der Waals surface area contributed by atoms with Crippen molar-refractivity contribution in [2.75, 3.05) is 30.5 Å². The number of anilines is 1. The van der Waals surface area contributed by atoms with Gasteiger partial charge in [0.1, 0.15) is 5.75 Å². The minimum atomic E-state index is -0.126. The number of nitrogens with one attached hydrogen (secondary N) is 2. The zero-order chi connectivity index (χ0) is 15.3. The molecule has 1 amide bonds. The van der Waals surface area contributed by atoms with Crippen molar-refractivity contribution in [1.29, 1.82) is 0 Å². The molecule has 1 aromatic rings. The predicted octanol–water partition coefficient (Wildman–Crippen LogP) is 2.76. The van der Waals surface area contributed by atoms with Crippen molar-refractivity contribution in [3.05, 3.63) is 24.3 Å². The number of amides is 1. The van der Waals surface area contributed by atoms with Gasteiger partial charge in [0.25, 0.3) is 5.91 Å². The molecule has 1 aliphatic rings. The van der Waals surface area contributed by atoms with Gasteiger partial charge in [-0.1, -0.05) is 19.9 Å². The van der Waals surface area contributed by atoms with Crippen LogP contribution in [-0.4, -0.2) is 37.1 Å². The molecule has 1 aromatic carbocycles. The van der Waals surface area contributed by atoms with Crippen molar-refractivity contribution in [3.8, 4) is 5.75 Å². The number of thioether (sulfide) groups is 1. The standard InChI is InChI=1S/C16H24N2O2S/c1-16(2)8-13(10-21-11-16)18-12-5-4-6-14(7-12)20-9-15(19)17-3/h4-7,13,18H,8-11H2,1-3H3,(H,17,19). The zero-order valence-corrected chi connectivity index (χ0v) is 13.8. The number of hydrogen-bond acceptors (Lipinski definition) is 4. The molecule has 0 aliphatic carbocycles. The first-order valence-electron chi connectivity index (χ1n) is 7.26. The summed E-state index contributed by atoms with van der Waals surface area (Å²) in [4.78, 5) is 11.2. The minimum absolute atomic E-state index is 0.0479. The maximum absolute atomic E-state index is 11.2. The van der Waals surface area contributed by atoms with Crippen molar-refractivity contribution in [3.63, 3.8) is 0 Å². The van der Waals surface area contributed by atoms with Gasteiger partial charge in [0, 0.05) is 30.6 Å². The molecule has 1 unspecified atom stereocenters. The number of carbonyl (C=O) groups is 1. The van der Waals surface area contributed by atoms with Crippen molar-refractivity contribution in [1.82, 2.24) is 5.32 Å². The van der Waals surface area contributed by atoms with Crippen LogP contribution in [0.4, 0.5) is 5.69 Å².